The summed E-state index contributed by atoms with van der Waals surface area (Å²) >= 11 is 0. The van der Waals surface area contributed by atoms with Gasteiger partial charge >= 0.3 is 0 Å². The number of anilines is 2. The van der Waals surface area contributed by atoms with Gasteiger partial charge in [-0.25, -0.2) is 0 Å². The number of fused-ring (bicyclic) bond motifs is 8. The molecule has 3 nitrogen and oxygen atoms in total. The van der Waals surface area contributed by atoms with E-state index in [-0.39, 0.29) is 6.10 Å². The zero-order chi connectivity index (χ0) is 32.3. The molecule has 1 atom stereocenters. The Hall–Kier alpha value is -6.32. The Kier molecular flexibility index (Phi) is 6.31. The number of allylic oxidation sites excluding steroid dienone is 1. The molecule has 0 saturated heterocycles. The van der Waals surface area contributed by atoms with Gasteiger partial charge in [-0.15, -0.1) is 0 Å². The average molecular weight is 630 g/mol. The van der Waals surface area contributed by atoms with Crippen LogP contribution in [0.5, 0.6) is 5.75 Å². The fourth-order valence-corrected chi connectivity index (χ4v) is 7.66. The number of furan rings is 1. The second kappa shape index (κ2) is 11.1. The molecule has 2 heterocycles. The molecule has 0 radical (unpaired) electrons. The summed E-state index contributed by atoms with van der Waals surface area (Å²) in [6.45, 7) is 0. The van der Waals surface area contributed by atoms with Crippen molar-refractivity contribution < 1.29 is 9.15 Å². The largest absolute Gasteiger partial charge is 0.485 e. The highest BCUT2D eigenvalue weighted by atomic mass is 16.5. The van der Waals surface area contributed by atoms with Crippen LogP contribution in [0.4, 0.5) is 11.4 Å². The third kappa shape index (κ3) is 4.58. The summed E-state index contributed by atoms with van der Waals surface area (Å²) in [5.41, 5.74) is 12.3. The molecule has 0 fully saturated rings. The Morgan fingerprint density at radius 3 is 2.08 bits per heavy atom. The van der Waals surface area contributed by atoms with E-state index in [9.17, 15) is 0 Å². The molecule has 0 saturated carbocycles. The van der Waals surface area contributed by atoms with Crippen LogP contribution in [0, 0.1) is 0 Å². The molecule has 1 aliphatic heterocycles. The number of benzene rings is 7. The fraction of sp³-hybridized carbons (Fsp3) is 0.0435. The smallest absolute Gasteiger partial charge is 0.136 e. The molecule has 0 spiro atoms. The Balaban J connectivity index is 1.21. The summed E-state index contributed by atoms with van der Waals surface area (Å²) in [6, 6.07) is 56.0. The van der Waals surface area contributed by atoms with E-state index in [0.29, 0.717) is 0 Å². The molecule has 0 bridgehead atoms. The maximum Gasteiger partial charge on any atom is 0.136 e. The summed E-state index contributed by atoms with van der Waals surface area (Å²) in [6.07, 6.45) is 5.47. The highest BCUT2D eigenvalue weighted by Gasteiger charge is 2.31. The highest BCUT2D eigenvalue weighted by Crippen LogP contribution is 2.46. The number of ether oxygens (including phenoxy) is 1. The van der Waals surface area contributed by atoms with Crippen molar-refractivity contribution in [2.75, 3.05) is 4.90 Å². The molecular formula is C46H31NO2. The molecule has 1 aliphatic carbocycles. The normalized spacial score (nSPS) is 15.1. The predicted molar refractivity (Wildman–Crippen MR) is 202 cm³/mol. The summed E-state index contributed by atoms with van der Waals surface area (Å²) in [4.78, 5) is 2.41. The SMILES string of the molecule is C1=C2c3ccccc3OC2CC=C1N(c1ccc(-c2ccccc2)c(-c2ccccc2)c1)c1ccc2ccc3oc4ccccc4c3c2c1. The standard InChI is InChI=1S/C46H31NO2/c1-3-11-30(12-4-1)36-24-22-34(27-39(36)31-13-5-2-6-14-31)47(35-23-26-44-41(29-35)37-15-7-9-17-42(37)48-44)33-21-19-32-20-25-45-46(40(32)28-33)38-16-8-10-18-43(38)49-45/h1-25,27-29,44H,26H2. The minimum Gasteiger partial charge on any atom is -0.485 e. The quantitative estimate of drug-likeness (QED) is 0.189. The van der Waals surface area contributed by atoms with Gasteiger partial charge in [-0.1, -0.05) is 121 Å². The van der Waals surface area contributed by atoms with E-state index < -0.39 is 0 Å². The lowest BCUT2D eigenvalue weighted by molar-refractivity contribution is 0.278. The maximum absolute atomic E-state index is 6.39. The first kappa shape index (κ1) is 27.8. The Labute approximate surface area is 284 Å². The molecular weight excluding hydrogens is 599 g/mol. The van der Waals surface area contributed by atoms with Gasteiger partial charge in [-0.2, -0.15) is 0 Å². The average Bonchev–Trinajstić information content (AvgIpc) is 3.74. The van der Waals surface area contributed by atoms with Crippen molar-refractivity contribution in [2.45, 2.75) is 12.5 Å². The molecule has 49 heavy (non-hydrogen) atoms. The Morgan fingerprint density at radius 2 is 1.22 bits per heavy atom. The van der Waals surface area contributed by atoms with Crippen molar-refractivity contribution in [2.24, 2.45) is 0 Å². The third-order valence-electron chi connectivity index (χ3n) is 9.95. The van der Waals surface area contributed by atoms with Crippen LogP contribution in [0.25, 0.3) is 60.5 Å². The molecule has 0 N–H and O–H groups in total. The van der Waals surface area contributed by atoms with Crippen molar-refractivity contribution in [3.8, 4) is 28.0 Å². The van der Waals surface area contributed by atoms with Gasteiger partial charge in [0.2, 0.25) is 0 Å². The van der Waals surface area contributed by atoms with E-state index in [4.69, 9.17) is 9.15 Å². The first-order chi connectivity index (χ1) is 24.3. The number of hydrogen-bond donors (Lipinski definition) is 0. The summed E-state index contributed by atoms with van der Waals surface area (Å²) in [5, 5.41) is 4.63. The van der Waals surface area contributed by atoms with Crippen LogP contribution in [0.2, 0.25) is 0 Å². The molecule has 0 amide bonds. The summed E-state index contributed by atoms with van der Waals surface area (Å²) < 4.78 is 12.7. The number of nitrogens with zero attached hydrogens (tertiary/aromatic N) is 1. The molecule has 10 rings (SSSR count). The van der Waals surface area contributed by atoms with Crippen LogP contribution in [-0.2, 0) is 0 Å². The van der Waals surface area contributed by atoms with E-state index in [1.807, 2.05) is 18.2 Å². The van der Waals surface area contributed by atoms with Gasteiger partial charge in [0.05, 0.1) is 0 Å². The minimum atomic E-state index is 0.0249. The first-order valence-corrected chi connectivity index (χ1v) is 16.9. The van der Waals surface area contributed by atoms with E-state index in [1.165, 1.54) is 44.2 Å². The highest BCUT2D eigenvalue weighted by molar-refractivity contribution is 6.19. The lowest BCUT2D eigenvalue weighted by Gasteiger charge is -2.30. The van der Waals surface area contributed by atoms with Crippen LogP contribution in [-0.4, -0.2) is 6.10 Å². The lowest BCUT2D eigenvalue weighted by atomic mass is 9.92. The first-order valence-electron chi connectivity index (χ1n) is 16.9. The molecule has 1 unspecified atom stereocenters. The van der Waals surface area contributed by atoms with E-state index in [1.54, 1.807) is 0 Å². The summed E-state index contributed by atoms with van der Waals surface area (Å²) in [5.74, 6) is 0.957. The zero-order valence-corrected chi connectivity index (χ0v) is 26.7. The lowest BCUT2D eigenvalue weighted by Crippen LogP contribution is -2.21. The predicted octanol–water partition coefficient (Wildman–Crippen LogP) is 12.3. The van der Waals surface area contributed by atoms with Crippen molar-refractivity contribution in [1.82, 2.24) is 0 Å². The molecule has 2 aliphatic rings. The van der Waals surface area contributed by atoms with Crippen molar-refractivity contribution in [1.29, 1.82) is 0 Å². The van der Waals surface area contributed by atoms with Gasteiger partial charge in [-0.05, 0) is 81.6 Å². The Morgan fingerprint density at radius 1 is 0.531 bits per heavy atom. The number of rotatable bonds is 5. The molecule has 3 heteroatoms. The van der Waals surface area contributed by atoms with Crippen molar-refractivity contribution in [3.05, 3.63) is 181 Å². The molecule has 8 aromatic rings. The topological polar surface area (TPSA) is 25.6 Å². The fourth-order valence-electron chi connectivity index (χ4n) is 7.66. The van der Waals surface area contributed by atoms with E-state index in [0.717, 1.165) is 51.2 Å². The monoisotopic (exact) mass is 629 g/mol. The second-order valence-corrected chi connectivity index (χ2v) is 12.8. The molecule has 1 aromatic heterocycles. The number of hydrogen-bond acceptors (Lipinski definition) is 3. The van der Waals surface area contributed by atoms with Crippen LogP contribution in [0.1, 0.15) is 12.0 Å². The van der Waals surface area contributed by atoms with Crippen LogP contribution in [0.3, 0.4) is 0 Å². The van der Waals surface area contributed by atoms with E-state index >= 15 is 0 Å². The second-order valence-electron chi connectivity index (χ2n) is 12.8. The van der Waals surface area contributed by atoms with Gasteiger partial charge < -0.3 is 14.1 Å². The Bertz CT molecular complexity index is 2610. The zero-order valence-electron chi connectivity index (χ0n) is 26.7. The maximum atomic E-state index is 6.39. The minimum absolute atomic E-state index is 0.0249. The molecule has 7 aromatic carbocycles. The number of para-hydroxylation sites is 2. The van der Waals surface area contributed by atoms with Crippen molar-refractivity contribution in [3.63, 3.8) is 0 Å². The third-order valence-corrected chi connectivity index (χ3v) is 9.95. The van der Waals surface area contributed by atoms with Gasteiger partial charge in [0.25, 0.3) is 0 Å². The van der Waals surface area contributed by atoms with Crippen LogP contribution < -0.4 is 9.64 Å². The summed E-state index contributed by atoms with van der Waals surface area (Å²) in [7, 11) is 0. The van der Waals surface area contributed by atoms with Gasteiger partial charge in [0.1, 0.15) is 23.0 Å². The van der Waals surface area contributed by atoms with Crippen molar-refractivity contribution >= 4 is 49.7 Å². The van der Waals surface area contributed by atoms with E-state index in [2.05, 4.69) is 157 Å². The van der Waals surface area contributed by atoms with Gasteiger partial charge in [0.15, 0.2) is 0 Å². The van der Waals surface area contributed by atoms with Crippen LogP contribution >= 0.6 is 0 Å². The van der Waals surface area contributed by atoms with Gasteiger partial charge in [0, 0.05) is 45.4 Å². The van der Waals surface area contributed by atoms with Gasteiger partial charge in [-0.3, -0.25) is 0 Å². The van der Waals surface area contributed by atoms with Crippen LogP contribution in [0.15, 0.2) is 180 Å². The molecule has 232 valence electrons.